The topological polar surface area (TPSA) is 150 Å². The van der Waals surface area contributed by atoms with Crippen molar-refractivity contribution in [1.82, 2.24) is 10.6 Å². The highest BCUT2D eigenvalue weighted by atomic mass is 16.2. The van der Waals surface area contributed by atoms with E-state index in [-0.39, 0.29) is 23.6 Å². The van der Waals surface area contributed by atoms with E-state index >= 15 is 0 Å². The monoisotopic (exact) mass is 397 g/mol. The van der Waals surface area contributed by atoms with Crippen LogP contribution in [0.4, 0.5) is 5.69 Å². The maximum absolute atomic E-state index is 12.1. The number of nitrogens with zero attached hydrogens (tertiary/aromatic N) is 3. The number of anilines is 1. The third-order valence-corrected chi connectivity index (χ3v) is 4.37. The van der Waals surface area contributed by atoms with Crippen LogP contribution < -0.4 is 21.7 Å². The maximum Gasteiger partial charge on any atom is 0.255 e. The first-order chi connectivity index (χ1) is 13.9. The molecule has 2 amide bonds. The SMILES string of the molecule is CC(=O)CCCNC(=O)c1ccc(NCC2=NC3C(=O)NC(N)=NC3N=C2)cc1. The van der Waals surface area contributed by atoms with Crippen LogP contribution in [0.3, 0.4) is 0 Å². The zero-order valence-corrected chi connectivity index (χ0v) is 16.0. The number of aliphatic imine (C=N–C) groups is 3. The van der Waals surface area contributed by atoms with Crippen LogP contribution in [0.15, 0.2) is 39.2 Å². The van der Waals surface area contributed by atoms with Crippen molar-refractivity contribution in [3.8, 4) is 0 Å². The van der Waals surface area contributed by atoms with Crippen LogP contribution in [0.25, 0.3) is 0 Å². The Morgan fingerprint density at radius 3 is 2.69 bits per heavy atom. The molecule has 0 aromatic heterocycles. The standard InChI is InChI=1S/C19H23N7O3/c1-11(27)3-2-8-21-17(28)12-4-6-13(7-5-12)22-9-14-10-23-16-15(24-14)18(29)26-19(20)25-16/h4-7,10,15-16,22H,2-3,8-9H2,1H3,(H,21,28)(H3,20,25,26,29). The number of nitrogens with one attached hydrogen (secondary N) is 3. The number of hydrogen-bond acceptors (Lipinski definition) is 8. The number of hydrogen-bond donors (Lipinski definition) is 4. The molecule has 0 saturated heterocycles. The molecule has 1 aromatic rings. The minimum Gasteiger partial charge on any atom is -0.379 e. The van der Waals surface area contributed by atoms with Gasteiger partial charge in [0.1, 0.15) is 5.78 Å². The quantitative estimate of drug-likeness (QED) is 0.450. The lowest BCUT2D eigenvalue weighted by atomic mass is 10.1. The Morgan fingerprint density at radius 1 is 1.21 bits per heavy atom. The van der Waals surface area contributed by atoms with Gasteiger partial charge in [0.15, 0.2) is 18.2 Å². The number of fused-ring (bicyclic) bond motifs is 1. The molecular weight excluding hydrogens is 374 g/mol. The third kappa shape index (κ3) is 5.47. The predicted molar refractivity (Wildman–Crippen MR) is 110 cm³/mol. The van der Waals surface area contributed by atoms with Crippen molar-refractivity contribution in [3.63, 3.8) is 0 Å². The number of Topliss-reactive ketones (excluding diaryl/α,β-unsaturated/α-hetero) is 1. The largest absolute Gasteiger partial charge is 0.379 e. The van der Waals surface area contributed by atoms with Crippen molar-refractivity contribution in [2.75, 3.05) is 18.4 Å². The first-order valence-electron chi connectivity index (χ1n) is 9.28. The summed E-state index contributed by atoms with van der Waals surface area (Å²) in [6.07, 6.45) is 2.05. The van der Waals surface area contributed by atoms with Gasteiger partial charge in [-0.15, -0.1) is 0 Å². The number of amides is 2. The summed E-state index contributed by atoms with van der Waals surface area (Å²) in [4.78, 5) is 47.6. The molecule has 0 saturated carbocycles. The zero-order chi connectivity index (χ0) is 20.8. The van der Waals surface area contributed by atoms with Gasteiger partial charge in [-0.3, -0.25) is 24.9 Å². The maximum atomic E-state index is 12.1. The van der Waals surface area contributed by atoms with Gasteiger partial charge in [-0.05, 0) is 37.6 Å². The van der Waals surface area contributed by atoms with E-state index in [0.29, 0.717) is 37.2 Å². The molecule has 2 heterocycles. The van der Waals surface area contributed by atoms with E-state index in [1.165, 1.54) is 6.92 Å². The fraction of sp³-hybridized carbons (Fsp3) is 0.368. The van der Waals surface area contributed by atoms with Gasteiger partial charge < -0.3 is 21.2 Å². The molecule has 29 heavy (non-hydrogen) atoms. The Hall–Kier alpha value is -3.56. The highest BCUT2D eigenvalue weighted by Crippen LogP contribution is 2.14. The summed E-state index contributed by atoms with van der Waals surface area (Å²) in [7, 11) is 0. The van der Waals surface area contributed by atoms with Crippen molar-refractivity contribution in [2.45, 2.75) is 32.0 Å². The van der Waals surface area contributed by atoms with Crippen LogP contribution in [0, 0.1) is 0 Å². The average Bonchev–Trinajstić information content (AvgIpc) is 2.70. The van der Waals surface area contributed by atoms with E-state index in [4.69, 9.17) is 5.73 Å². The molecule has 2 atom stereocenters. The fourth-order valence-corrected chi connectivity index (χ4v) is 2.86. The lowest BCUT2D eigenvalue weighted by Gasteiger charge is -2.25. The number of guanidine groups is 1. The van der Waals surface area contributed by atoms with Crippen molar-refractivity contribution < 1.29 is 14.4 Å². The second kappa shape index (κ2) is 9.09. The molecule has 0 aliphatic carbocycles. The molecule has 1 aromatic carbocycles. The van der Waals surface area contributed by atoms with Crippen LogP contribution in [0.1, 0.15) is 30.1 Å². The van der Waals surface area contributed by atoms with Crippen LogP contribution in [0.2, 0.25) is 0 Å². The zero-order valence-electron chi connectivity index (χ0n) is 16.0. The van der Waals surface area contributed by atoms with Gasteiger partial charge in [-0.1, -0.05) is 0 Å². The summed E-state index contributed by atoms with van der Waals surface area (Å²) in [5.41, 5.74) is 7.47. The Bertz CT molecular complexity index is 890. The molecule has 10 heteroatoms. The van der Waals surface area contributed by atoms with Gasteiger partial charge in [-0.2, -0.15) is 0 Å². The Kier molecular flexibility index (Phi) is 6.32. The van der Waals surface area contributed by atoms with Gasteiger partial charge in [0.2, 0.25) is 0 Å². The Morgan fingerprint density at radius 2 is 1.97 bits per heavy atom. The van der Waals surface area contributed by atoms with Crippen molar-refractivity contribution in [2.24, 2.45) is 20.7 Å². The first-order valence-corrected chi connectivity index (χ1v) is 9.28. The molecule has 152 valence electrons. The van der Waals surface area contributed by atoms with E-state index in [1.807, 2.05) is 0 Å². The minimum atomic E-state index is -0.710. The predicted octanol–water partition coefficient (Wildman–Crippen LogP) is -0.138. The molecule has 2 aliphatic heterocycles. The van der Waals surface area contributed by atoms with Crippen molar-refractivity contribution in [1.29, 1.82) is 0 Å². The number of ketones is 1. The molecule has 0 radical (unpaired) electrons. The molecular formula is C19H23N7O3. The smallest absolute Gasteiger partial charge is 0.255 e. The molecule has 10 nitrogen and oxygen atoms in total. The van der Waals surface area contributed by atoms with Gasteiger partial charge in [0.25, 0.3) is 11.8 Å². The van der Waals surface area contributed by atoms with Crippen LogP contribution in [-0.2, 0) is 9.59 Å². The minimum absolute atomic E-state index is 0.0492. The fourth-order valence-electron chi connectivity index (χ4n) is 2.86. The lowest BCUT2D eigenvalue weighted by molar-refractivity contribution is -0.121. The summed E-state index contributed by atoms with van der Waals surface area (Å²) in [6.45, 7) is 2.36. The van der Waals surface area contributed by atoms with Gasteiger partial charge in [0, 0.05) is 30.4 Å². The number of nitrogens with two attached hydrogens (primary N) is 1. The number of carbonyl (C=O) groups excluding carboxylic acids is 3. The second-order valence-electron chi connectivity index (χ2n) is 6.75. The molecule has 3 rings (SSSR count). The molecule has 0 bridgehead atoms. The summed E-state index contributed by atoms with van der Waals surface area (Å²) >= 11 is 0. The molecule has 2 unspecified atom stereocenters. The van der Waals surface area contributed by atoms with Crippen LogP contribution in [0.5, 0.6) is 0 Å². The van der Waals surface area contributed by atoms with Gasteiger partial charge in [0.05, 0.1) is 12.3 Å². The third-order valence-electron chi connectivity index (χ3n) is 4.37. The van der Waals surface area contributed by atoms with Crippen molar-refractivity contribution in [3.05, 3.63) is 29.8 Å². The summed E-state index contributed by atoms with van der Waals surface area (Å²) < 4.78 is 0. The normalized spacial score (nSPS) is 20.1. The molecule has 5 N–H and O–H groups in total. The van der Waals surface area contributed by atoms with E-state index in [0.717, 1.165) is 5.69 Å². The molecule has 2 aliphatic rings. The van der Waals surface area contributed by atoms with Gasteiger partial charge >= 0.3 is 0 Å². The highest BCUT2D eigenvalue weighted by Gasteiger charge is 2.33. The Balaban J connectivity index is 1.50. The number of benzene rings is 1. The Labute approximate surface area is 167 Å². The van der Waals surface area contributed by atoms with Gasteiger partial charge in [-0.25, -0.2) is 4.99 Å². The summed E-state index contributed by atoms with van der Waals surface area (Å²) in [6, 6.07) is 6.28. The highest BCUT2D eigenvalue weighted by molar-refractivity contribution is 6.33. The van der Waals surface area contributed by atoms with E-state index in [2.05, 4.69) is 30.9 Å². The molecule has 0 fully saturated rings. The summed E-state index contributed by atoms with van der Waals surface area (Å²) in [5.74, 6) is -0.347. The van der Waals surface area contributed by atoms with Crippen molar-refractivity contribution >= 4 is 41.2 Å². The van der Waals surface area contributed by atoms with Crippen LogP contribution in [-0.4, -0.2) is 60.8 Å². The van der Waals surface area contributed by atoms with Crippen LogP contribution >= 0.6 is 0 Å². The number of rotatable bonds is 8. The molecule has 0 spiro atoms. The average molecular weight is 397 g/mol. The van der Waals surface area contributed by atoms with E-state index in [1.54, 1.807) is 30.5 Å². The van der Waals surface area contributed by atoms with E-state index in [9.17, 15) is 14.4 Å². The first kappa shape index (κ1) is 20.2. The van der Waals surface area contributed by atoms with E-state index < -0.39 is 12.2 Å². The second-order valence-corrected chi connectivity index (χ2v) is 6.75. The summed E-state index contributed by atoms with van der Waals surface area (Å²) in [5, 5.41) is 8.41. The number of carbonyl (C=O) groups is 3. The lowest BCUT2D eigenvalue weighted by Crippen LogP contribution is -2.52.